The molecule has 0 bridgehead atoms. The summed E-state index contributed by atoms with van der Waals surface area (Å²) in [7, 11) is -3.11. The molecule has 2 heterocycles. The zero-order valence-corrected chi connectivity index (χ0v) is 15.0. The molecule has 0 unspecified atom stereocenters. The smallest absolute Gasteiger partial charge is 0.248 e. The van der Waals surface area contributed by atoms with Gasteiger partial charge in [-0.2, -0.15) is 4.73 Å². The normalized spacial score (nSPS) is 9.79. The van der Waals surface area contributed by atoms with Crippen molar-refractivity contribution in [2.75, 3.05) is 6.26 Å². The summed E-state index contributed by atoms with van der Waals surface area (Å²) in [5.41, 5.74) is 0. The first-order chi connectivity index (χ1) is 8.41. The van der Waals surface area contributed by atoms with Crippen LogP contribution < -0.4 is 4.73 Å². The predicted molar refractivity (Wildman–Crippen MR) is 70.0 cm³/mol. The first-order valence-electron chi connectivity index (χ1n) is 4.89. The fraction of sp³-hybridized carbons (Fsp3) is 0.0909. The second-order valence-corrected chi connectivity index (χ2v) is 5.75. The van der Waals surface area contributed by atoms with Crippen molar-refractivity contribution in [3.05, 3.63) is 54.0 Å². The maximum Gasteiger partial charge on any atom is 0.248 e. The van der Waals surface area contributed by atoms with Crippen LogP contribution in [0.15, 0.2) is 58.8 Å². The van der Waals surface area contributed by atoms with Crippen molar-refractivity contribution in [1.82, 2.24) is 4.98 Å². The average molecular weight is 350 g/mol. The Morgan fingerprint density at radius 3 is 2.16 bits per heavy atom. The largest absolute Gasteiger partial charge is 0.618 e. The predicted octanol–water partition coefficient (Wildman–Crippen LogP) is 1.09. The van der Waals surface area contributed by atoms with Gasteiger partial charge in [0.2, 0.25) is 5.03 Å². The third kappa shape index (κ3) is 6.66. The van der Waals surface area contributed by atoms with Crippen LogP contribution in [0.5, 0.6) is 0 Å². The minimum absolute atomic E-state index is 0. The SMILES string of the molecule is CS(=O)(=O)c1ccccn1.[O-][n+]1ccccc1S.[Zn]. The number of nitrogens with zero attached hydrogens (tertiary/aromatic N) is 2. The van der Waals surface area contributed by atoms with Crippen molar-refractivity contribution >= 4 is 22.5 Å². The minimum atomic E-state index is -3.11. The maximum atomic E-state index is 10.8. The Morgan fingerprint density at radius 2 is 1.84 bits per heavy atom. The quantitative estimate of drug-likeness (QED) is 0.362. The van der Waals surface area contributed by atoms with Crippen molar-refractivity contribution in [1.29, 1.82) is 0 Å². The molecule has 5 nitrogen and oxygen atoms in total. The van der Waals surface area contributed by atoms with Crippen molar-refractivity contribution in [3.8, 4) is 0 Å². The van der Waals surface area contributed by atoms with Gasteiger partial charge in [-0.15, -0.1) is 0 Å². The van der Waals surface area contributed by atoms with E-state index in [1.54, 1.807) is 30.3 Å². The molecule has 2 rings (SSSR count). The van der Waals surface area contributed by atoms with Gasteiger partial charge in [0.1, 0.15) is 0 Å². The van der Waals surface area contributed by atoms with Gasteiger partial charge in [0, 0.05) is 44.1 Å². The molecule has 0 saturated heterocycles. The topological polar surface area (TPSA) is 74.0 Å². The molecule has 19 heavy (non-hydrogen) atoms. The number of pyridine rings is 2. The summed E-state index contributed by atoms with van der Waals surface area (Å²) in [5, 5.41) is 11.0. The molecule has 8 heteroatoms. The zero-order chi connectivity index (χ0) is 13.6. The van der Waals surface area contributed by atoms with E-state index in [0.29, 0.717) is 9.76 Å². The van der Waals surface area contributed by atoms with Gasteiger partial charge >= 0.3 is 0 Å². The number of hydrogen-bond acceptors (Lipinski definition) is 5. The Morgan fingerprint density at radius 1 is 1.21 bits per heavy atom. The van der Waals surface area contributed by atoms with Crippen LogP contribution in [0.2, 0.25) is 0 Å². The molecule has 0 aliphatic heterocycles. The third-order valence-electron chi connectivity index (χ3n) is 1.82. The molecule has 0 spiro atoms. The monoisotopic (exact) mass is 348 g/mol. The Kier molecular flexibility index (Phi) is 7.82. The molecule has 0 aromatic carbocycles. The standard InChI is InChI=1S/C6H7NO2S.C5H5NOS.Zn/c1-10(8,9)6-4-2-3-5-7-6;7-6-4-2-1-3-5(6)8;/h2-5H,1H3;1-4,8H;. The van der Waals surface area contributed by atoms with Gasteiger partial charge in [-0.1, -0.05) is 18.7 Å². The van der Waals surface area contributed by atoms with Gasteiger partial charge in [0.25, 0.3) is 0 Å². The van der Waals surface area contributed by atoms with Crippen LogP contribution in [0.3, 0.4) is 0 Å². The second-order valence-electron chi connectivity index (χ2n) is 3.32. The summed E-state index contributed by atoms with van der Waals surface area (Å²) in [6.45, 7) is 0. The van der Waals surface area contributed by atoms with Gasteiger partial charge in [-0.25, -0.2) is 13.4 Å². The number of thiol groups is 1. The Bertz CT molecular complexity index is 585. The van der Waals surface area contributed by atoms with Crippen LogP contribution >= 0.6 is 12.6 Å². The molecule has 98 valence electrons. The van der Waals surface area contributed by atoms with Gasteiger partial charge in [0.05, 0.1) is 0 Å². The Labute approximate surface area is 130 Å². The van der Waals surface area contributed by atoms with Crippen molar-refractivity contribution < 1.29 is 32.6 Å². The third-order valence-corrected chi connectivity index (χ3v) is 3.17. The van der Waals surface area contributed by atoms with Crippen LogP contribution in [-0.4, -0.2) is 19.7 Å². The Balaban J connectivity index is 0.000000331. The Hall–Kier alpha value is -0.977. The number of rotatable bonds is 1. The summed E-state index contributed by atoms with van der Waals surface area (Å²) >= 11 is 3.85. The van der Waals surface area contributed by atoms with Crippen molar-refractivity contribution in [2.45, 2.75) is 10.1 Å². The van der Waals surface area contributed by atoms with E-state index in [0.717, 1.165) is 6.26 Å². The van der Waals surface area contributed by atoms with Crippen LogP contribution in [0, 0.1) is 5.21 Å². The molecule has 0 aliphatic rings. The molecule has 0 radical (unpaired) electrons. The molecule has 0 atom stereocenters. The van der Waals surface area contributed by atoms with Crippen LogP contribution in [-0.2, 0) is 29.3 Å². The van der Waals surface area contributed by atoms with E-state index in [9.17, 15) is 13.6 Å². The fourth-order valence-electron chi connectivity index (χ4n) is 0.986. The molecule has 0 fully saturated rings. The van der Waals surface area contributed by atoms with E-state index in [1.165, 1.54) is 18.5 Å². The van der Waals surface area contributed by atoms with Crippen LogP contribution in [0.1, 0.15) is 0 Å². The first kappa shape index (κ1) is 18.0. The van der Waals surface area contributed by atoms with Crippen molar-refractivity contribution in [2.24, 2.45) is 0 Å². The molecule has 0 amide bonds. The average Bonchev–Trinajstić information content (AvgIpc) is 2.34. The van der Waals surface area contributed by atoms with E-state index in [1.807, 2.05) is 0 Å². The van der Waals surface area contributed by atoms with E-state index >= 15 is 0 Å². The van der Waals surface area contributed by atoms with E-state index in [-0.39, 0.29) is 24.5 Å². The van der Waals surface area contributed by atoms with E-state index in [2.05, 4.69) is 17.6 Å². The molecule has 0 N–H and O–H groups in total. The van der Waals surface area contributed by atoms with Crippen LogP contribution in [0.4, 0.5) is 0 Å². The van der Waals surface area contributed by atoms with Gasteiger partial charge in [-0.05, 0) is 18.2 Å². The molecule has 0 saturated carbocycles. The van der Waals surface area contributed by atoms with E-state index in [4.69, 9.17) is 0 Å². The van der Waals surface area contributed by atoms with Gasteiger partial charge < -0.3 is 5.21 Å². The molecule has 0 aliphatic carbocycles. The summed E-state index contributed by atoms with van der Waals surface area (Å²) in [6, 6.07) is 9.84. The number of hydrogen-bond donors (Lipinski definition) is 1. The fourth-order valence-corrected chi connectivity index (χ4v) is 1.72. The molecule has 2 aromatic rings. The van der Waals surface area contributed by atoms with E-state index < -0.39 is 9.84 Å². The van der Waals surface area contributed by atoms with Crippen LogP contribution in [0.25, 0.3) is 0 Å². The number of aromatic nitrogens is 2. The summed E-state index contributed by atoms with van der Waals surface area (Å²) in [6.07, 6.45) is 3.99. The maximum absolute atomic E-state index is 10.8. The molecular formula is C11H12N2O3S2Zn. The van der Waals surface area contributed by atoms with Gasteiger partial charge in [0.15, 0.2) is 21.1 Å². The molecule has 2 aromatic heterocycles. The summed E-state index contributed by atoms with van der Waals surface area (Å²) in [4.78, 5) is 3.66. The first-order valence-corrected chi connectivity index (χ1v) is 7.23. The molecular weight excluding hydrogens is 338 g/mol. The summed E-state index contributed by atoms with van der Waals surface area (Å²) < 4.78 is 22.2. The number of sulfone groups is 1. The summed E-state index contributed by atoms with van der Waals surface area (Å²) in [5.74, 6) is 0. The van der Waals surface area contributed by atoms with Crippen molar-refractivity contribution in [3.63, 3.8) is 0 Å². The zero-order valence-electron chi connectivity index (χ0n) is 10.3. The second kappa shape index (κ2) is 8.25. The minimum Gasteiger partial charge on any atom is -0.618 e. The van der Waals surface area contributed by atoms with Gasteiger partial charge in [-0.3, -0.25) is 0 Å².